The first-order valence-electron chi connectivity index (χ1n) is 6.81. The van der Waals surface area contributed by atoms with E-state index in [1.165, 1.54) is 4.31 Å². The van der Waals surface area contributed by atoms with Gasteiger partial charge in [-0.05, 0) is 25.8 Å². The maximum atomic E-state index is 12.5. The lowest BCUT2D eigenvalue weighted by Crippen LogP contribution is -2.30. The molecule has 1 heterocycles. The van der Waals surface area contributed by atoms with Gasteiger partial charge < -0.3 is 9.30 Å². The highest BCUT2D eigenvalue weighted by Gasteiger charge is 2.29. The molecule has 0 saturated heterocycles. The lowest BCUT2D eigenvalue weighted by atomic mass is 10.5. The van der Waals surface area contributed by atoms with Gasteiger partial charge in [0.15, 0.2) is 0 Å². The SMILES string of the molecule is CCOCCN(C)S(=O)(=O)c1cc(CCl)n(C2CC2)c1. The molecule has 1 aliphatic rings. The standard InChI is InChI=1S/C13H21ClN2O3S/c1-3-19-7-6-15(2)20(17,18)13-8-12(9-14)16(10-13)11-4-5-11/h8,10-11H,3-7,9H2,1-2H3. The van der Waals surface area contributed by atoms with Crippen molar-refractivity contribution in [2.45, 2.75) is 36.6 Å². The van der Waals surface area contributed by atoms with Crippen LogP contribution >= 0.6 is 11.6 Å². The Hall–Kier alpha value is -0.560. The molecule has 7 heteroatoms. The average molecular weight is 321 g/mol. The van der Waals surface area contributed by atoms with E-state index >= 15 is 0 Å². The van der Waals surface area contributed by atoms with Gasteiger partial charge in [-0.25, -0.2) is 8.42 Å². The molecule has 0 unspecified atom stereocenters. The molecule has 0 bridgehead atoms. The quantitative estimate of drug-likeness (QED) is 0.545. The van der Waals surface area contributed by atoms with Gasteiger partial charge in [-0.3, -0.25) is 0 Å². The number of likely N-dealkylation sites (N-methyl/N-ethyl adjacent to an activating group) is 1. The molecular formula is C13H21ClN2O3S. The zero-order valence-electron chi connectivity index (χ0n) is 11.9. The second-order valence-electron chi connectivity index (χ2n) is 4.96. The summed E-state index contributed by atoms with van der Waals surface area (Å²) in [6.45, 7) is 3.22. The van der Waals surface area contributed by atoms with Crippen LogP contribution in [-0.2, 0) is 20.6 Å². The third-order valence-electron chi connectivity index (χ3n) is 3.45. The average Bonchev–Trinajstić information content (AvgIpc) is 3.17. The van der Waals surface area contributed by atoms with E-state index in [1.807, 2.05) is 11.5 Å². The first-order chi connectivity index (χ1) is 9.50. The van der Waals surface area contributed by atoms with Crippen LogP contribution < -0.4 is 0 Å². The number of halogens is 1. The van der Waals surface area contributed by atoms with E-state index in [0.29, 0.717) is 36.6 Å². The van der Waals surface area contributed by atoms with Crippen molar-refractivity contribution in [2.24, 2.45) is 0 Å². The van der Waals surface area contributed by atoms with E-state index in [-0.39, 0.29) is 0 Å². The van der Waals surface area contributed by atoms with Crippen LogP contribution in [0.2, 0.25) is 0 Å². The van der Waals surface area contributed by atoms with Gasteiger partial charge in [-0.1, -0.05) is 0 Å². The summed E-state index contributed by atoms with van der Waals surface area (Å²) in [5.74, 6) is 0.328. The van der Waals surface area contributed by atoms with Crippen LogP contribution in [-0.4, -0.2) is 44.1 Å². The molecule has 0 aromatic carbocycles. The van der Waals surface area contributed by atoms with Crippen molar-refractivity contribution in [2.75, 3.05) is 26.8 Å². The molecule has 1 aliphatic carbocycles. The number of alkyl halides is 1. The van der Waals surface area contributed by atoms with Crippen LogP contribution in [0.5, 0.6) is 0 Å². The first kappa shape index (κ1) is 15.8. The lowest BCUT2D eigenvalue weighted by molar-refractivity contribution is 0.138. The van der Waals surface area contributed by atoms with Crippen LogP contribution in [0.1, 0.15) is 31.5 Å². The van der Waals surface area contributed by atoms with Crippen molar-refractivity contribution in [3.63, 3.8) is 0 Å². The minimum atomic E-state index is -3.46. The Labute approximate surface area is 125 Å². The van der Waals surface area contributed by atoms with Crippen molar-refractivity contribution in [3.8, 4) is 0 Å². The normalized spacial score (nSPS) is 16.0. The summed E-state index contributed by atoms with van der Waals surface area (Å²) in [6, 6.07) is 2.10. The molecule has 0 atom stereocenters. The molecule has 1 aromatic rings. The molecule has 2 rings (SSSR count). The molecule has 1 saturated carbocycles. The molecule has 5 nitrogen and oxygen atoms in total. The van der Waals surface area contributed by atoms with Gasteiger partial charge in [0.25, 0.3) is 0 Å². The Morgan fingerprint density at radius 1 is 1.50 bits per heavy atom. The molecule has 114 valence electrons. The predicted octanol–water partition coefficient (Wildman–Crippen LogP) is 2.22. The van der Waals surface area contributed by atoms with E-state index in [4.69, 9.17) is 16.3 Å². The van der Waals surface area contributed by atoms with E-state index in [9.17, 15) is 8.42 Å². The summed E-state index contributed by atoms with van der Waals surface area (Å²) in [5.41, 5.74) is 0.867. The monoisotopic (exact) mass is 320 g/mol. The van der Waals surface area contributed by atoms with Crippen LogP contribution in [0.15, 0.2) is 17.2 Å². The minimum absolute atomic E-state index is 0.319. The topological polar surface area (TPSA) is 51.5 Å². The summed E-state index contributed by atoms with van der Waals surface area (Å²) in [7, 11) is -1.89. The third-order valence-corrected chi connectivity index (χ3v) is 5.54. The summed E-state index contributed by atoms with van der Waals surface area (Å²) in [6.07, 6.45) is 3.90. The van der Waals surface area contributed by atoms with Gasteiger partial charge in [0, 0.05) is 38.1 Å². The molecule has 0 radical (unpaired) electrons. The highest BCUT2D eigenvalue weighted by molar-refractivity contribution is 7.89. The Morgan fingerprint density at radius 2 is 2.20 bits per heavy atom. The summed E-state index contributed by atoms with van der Waals surface area (Å²) in [5, 5.41) is 0. The molecule has 0 N–H and O–H groups in total. The number of hydrogen-bond acceptors (Lipinski definition) is 3. The van der Waals surface area contributed by atoms with Crippen LogP contribution in [0.3, 0.4) is 0 Å². The molecule has 1 fully saturated rings. The van der Waals surface area contributed by atoms with E-state index < -0.39 is 10.0 Å². The second kappa shape index (κ2) is 6.47. The van der Waals surface area contributed by atoms with E-state index in [2.05, 4.69) is 0 Å². The molecule has 20 heavy (non-hydrogen) atoms. The van der Waals surface area contributed by atoms with Crippen LogP contribution in [0.4, 0.5) is 0 Å². The molecule has 0 spiro atoms. The number of sulfonamides is 1. The van der Waals surface area contributed by atoms with E-state index in [0.717, 1.165) is 18.5 Å². The molecule has 1 aromatic heterocycles. The Bertz CT molecular complexity index is 552. The Kier molecular flexibility index (Phi) is 5.12. The zero-order valence-corrected chi connectivity index (χ0v) is 13.5. The molecule has 0 aliphatic heterocycles. The largest absolute Gasteiger partial charge is 0.380 e. The first-order valence-corrected chi connectivity index (χ1v) is 8.79. The molecule has 0 amide bonds. The Morgan fingerprint density at radius 3 is 2.75 bits per heavy atom. The summed E-state index contributed by atoms with van der Waals surface area (Å²) < 4.78 is 33.5. The summed E-state index contributed by atoms with van der Waals surface area (Å²) in [4.78, 5) is 0.319. The van der Waals surface area contributed by atoms with Gasteiger partial charge >= 0.3 is 0 Å². The van der Waals surface area contributed by atoms with Crippen molar-refractivity contribution in [1.29, 1.82) is 0 Å². The van der Waals surface area contributed by atoms with Crippen LogP contribution in [0.25, 0.3) is 0 Å². The van der Waals surface area contributed by atoms with Crippen molar-refractivity contribution in [1.82, 2.24) is 8.87 Å². The third kappa shape index (κ3) is 3.36. The fourth-order valence-electron chi connectivity index (χ4n) is 2.07. The maximum Gasteiger partial charge on any atom is 0.244 e. The van der Waals surface area contributed by atoms with E-state index in [1.54, 1.807) is 19.3 Å². The smallest absolute Gasteiger partial charge is 0.244 e. The fraction of sp³-hybridized carbons (Fsp3) is 0.692. The predicted molar refractivity (Wildman–Crippen MR) is 78.6 cm³/mol. The number of nitrogens with zero attached hydrogens (tertiary/aromatic N) is 2. The maximum absolute atomic E-state index is 12.5. The lowest BCUT2D eigenvalue weighted by Gasteiger charge is -2.15. The Balaban J connectivity index is 2.16. The van der Waals surface area contributed by atoms with Crippen molar-refractivity contribution >= 4 is 21.6 Å². The fourth-order valence-corrected chi connectivity index (χ4v) is 3.50. The number of ether oxygens (including phenoxy) is 1. The minimum Gasteiger partial charge on any atom is -0.380 e. The highest BCUT2D eigenvalue weighted by atomic mass is 35.5. The van der Waals surface area contributed by atoms with Gasteiger partial charge in [-0.15, -0.1) is 11.6 Å². The number of rotatable bonds is 8. The van der Waals surface area contributed by atoms with Gasteiger partial charge in [0.05, 0.1) is 12.5 Å². The zero-order chi connectivity index (χ0) is 14.8. The van der Waals surface area contributed by atoms with Crippen LogP contribution in [0, 0.1) is 0 Å². The van der Waals surface area contributed by atoms with Gasteiger partial charge in [0.2, 0.25) is 10.0 Å². The molecular weight excluding hydrogens is 300 g/mol. The van der Waals surface area contributed by atoms with Gasteiger partial charge in [-0.2, -0.15) is 4.31 Å². The highest BCUT2D eigenvalue weighted by Crippen LogP contribution is 2.37. The second-order valence-corrected chi connectivity index (χ2v) is 7.27. The van der Waals surface area contributed by atoms with Crippen molar-refractivity contribution < 1.29 is 13.2 Å². The van der Waals surface area contributed by atoms with Gasteiger partial charge in [0.1, 0.15) is 4.90 Å². The summed E-state index contributed by atoms with van der Waals surface area (Å²) >= 11 is 5.90. The van der Waals surface area contributed by atoms with Crippen molar-refractivity contribution in [3.05, 3.63) is 18.0 Å². The number of aromatic nitrogens is 1. The number of hydrogen-bond donors (Lipinski definition) is 0.